The van der Waals surface area contributed by atoms with Crippen molar-refractivity contribution in [3.8, 4) is 11.8 Å². The summed E-state index contributed by atoms with van der Waals surface area (Å²) in [5.74, 6) is -0.791. The molecular formula is C13H15N3O4. The van der Waals surface area contributed by atoms with E-state index < -0.39 is 10.8 Å². The number of hydrogen-bond acceptors (Lipinski definition) is 5. The number of nitriles is 1. The molecule has 0 aliphatic carbocycles. The van der Waals surface area contributed by atoms with Crippen molar-refractivity contribution in [1.29, 1.82) is 5.26 Å². The number of phenolic OH excluding ortho intramolecular Hbond substituents is 1. The molecular weight excluding hydrogens is 262 g/mol. The van der Waals surface area contributed by atoms with E-state index in [0.717, 1.165) is 18.2 Å². The average Bonchev–Trinajstić information content (AvgIpc) is 2.38. The van der Waals surface area contributed by atoms with E-state index in [9.17, 15) is 20.0 Å². The second-order valence-electron chi connectivity index (χ2n) is 4.46. The zero-order chi connectivity index (χ0) is 15.3. The number of carbonyl (C=O) groups is 1. The van der Waals surface area contributed by atoms with Crippen LogP contribution in [0.25, 0.3) is 0 Å². The zero-order valence-corrected chi connectivity index (χ0v) is 11.2. The molecule has 0 saturated heterocycles. The number of benzene rings is 1. The van der Waals surface area contributed by atoms with Gasteiger partial charge >= 0.3 is 0 Å². The summed E-state index contributed by atoms with van der Waals surface area (Å²) in [5, 5.41) is 29.0. The van der Waals surface area contributed by atoms with Crippen LogP contribution in [0, 0.1) is 21.4 Å². The Kier molecular flexibility index (Phi) is 5.03. The Hall–Kier alpha value is -2.62. The lowest BCUT2D eigenvalue weighted by molar-refractivity contribution is -0.385. The van der Waals surface area contributed by atoms with Crippen LogP contribution in [-0.4, -0.2) is 33.4 Å². The summed E-state index contributed by atoms with van der Waals surface area (Å²) in [7, 11) is 0. The summed E-state index contributed by atoms with van der Waals surface area (Å²) >= 11 is 0. The molecule has 106 valence electrons. The van der Waals surface area contributed by atoms with Gasteiger partial charge in [0.2, 0.25) is 0 Å². The minimum atomic E-state index is -0.671. The van der Waals surface area contributed by atoms with E-state index in [4.69, 9.17) is 5.26 Å². The van der Waals surface area contributed by atoms with Crippen LogP contribution < -0.4 is 0 Å². The predicted molar refractivity (Wildman–Crippen MR) is 71.2 cm³/mol. The van der Waals surface area contributed by atoms with Gasteiger partial charge in [-0.15, -0.1) is 0 Å². The van der Waals surface area contributed by atoms with Crippen LogP contribution in [-0.2, 0) is 0 Å². The molecule has 1 amide bonds. The van der Waals surface area contributed by atoms with Gasteiger partial charge in [0.05, 0.1) is 17.4 Å². The van der Waals surface area contributed by atoms with Crippen LogP contribution in [0.2, 0.25) is 0 Å². The third-order valence-electron chi connectivity index (χ3n) is 2.76. The topological polar surface area (TPSA) is 107 Å². The second kappa shape index (κ2) is 6.52. The molecule has 1 N–H and O–H groups in total. The van der Waals surface area contributed by atoms with E-state index in [0.29, 0.717) is 0 Å². The lowest BCUT2D eigenvalue weighted by Crippen LogP contribution is -2.37. The number of nitro benzene ring substituents is 1. The maximum atomic E-state index is 12.4. The highest BCUT2D eigenvalue weighted by Crippen LogP contribution is 2.25. The Balaban J connectivity index is 3.20. The van der Waals surface area contributed by atoms with Gasteiger partial charge in [-0.2, -0.15) is 5.26 Å². The molecule has 0 aliphatic rings. The van der Waals surface area contributed by atoms with E-state index in [1.54, 1.807) is 13.8 Å². The Morgan fingerprint density at radius 2 is 2.20 bits per heavy atom. The zero-order valence-electron chi connectivity index (χ0n) is 11.2. The number of amides is 1. The maximum Gasteiger partial charge on any atom is 0.282 e. The fourth-order valence-corrected chi connectivity index (χ4v) is 1.77. The molecule has 0 aromatic heterocycles. The van der Waals surface area contributed by atoms with Crippen molar-refractivity contribution in [3.63, 3.8) is 0 Å². The monoisotopic (exact) mass is 277 g/mol. The summed E-state index contributed by atoms with van der Waals surface area (Å²) in [6, 6.07) is 5.04. The first-order valence-electron chi connectivity index (χ1n) is 6.03. The number of nitro groups is 1. The van der Waals surface area contributed by atoms with E-state index in [1.165, 1.54) is 4.90 Å². The second-order valence-corrected chi connectivity index (χ2v) is 4.46. The maximum absolute atomic E-state index is 12.4. The summed E-state index contributed by atoms with van der Waals surface area (Å²) in [4.78, 5) is 24.0. The fourth-order valence-electron chi connectivity index (χ4n) is 1.77. The highest BCUT2D eigenvalue weighted by atomic mass is 16.6. The quantitative estimate of drug-likeness (QED) is 0.654. The Labute approximate surface area is 116 Å². The molecule has 1 rings (SSSR count). The van der Waals surface area contributed by atoms with Gasteiger partial charge in [0.25, 0.3) is 11.6 Å². The molecule has 0 aliphatic heterocycles. The highest BCUT2D eigenvalue weighted by Gasteiger charge is 2.26. The van der Waals surface area contributed by atoms with Crippen molar-refractivity contribution in [2.75, 3.05) is 6.54 Å². The lowest BCUT2D eigenvalue weighted by atomic mass is 10.1. The molecule has 0 heterocycles. The Bertz CT molecular complexity index is 563. The molecule has 1 aromatic rings. The van der Waals surface area contributed by atoms with Crippen LogP contribution >= 0.6 is 0 Å². The SMILES string of the molecule is CC(C)N(CCC#N)C(=O)c1cc(O)ccc1[N+](=O)[O-]. The minimum Gasteiger partial charge on any atom is -0.508 e. The number of nitrogens with zero attached hydrogens (tertiary/aromatic N) is 3. The third-order valence-corrected chi connectivity index (χ3v) is 2.76. The minimum absolute atomic E-state index is 0.135. The van der Waals surface area contributed by atoms with Crippen molar-refractivity contribution in [2.24, 2.45) is 0 Å². The van der Waals surface area contributed by atoms with Gasteiger partial charge in [0, 0.05) is 18.7 Å². The number of aromatic hydroxyl groups is 1. The summed E-state index contributed by atoms with van der Waals surface area (Å²) in [5.41, 5.74) is -0.544. The van der Waals surface area contributed by atoms with Crippen LogP contribution in [0.15, 0.2) is 18.2 Å². The molecule has 0 radical (unpaired) electrons. The summed E-state index contributed by atoms with van der Waals surface area (Å²) < 4.78 is 0. The van der Waals surface area contributed by atoms with Gasteiger partial charge < -0.3 is 10.0 Å². The van der Waals surface area contributed by atoms with Gasteiger partial charge in [-0.05, 0) is 26.0 Å². The first-order chi connectivity index (χ1) is 9.38. The van der Waals surface area contributed by atoms with E-state index in [-0.39, 0.29) is 36.0 Å². The van der Waals surface area contributed by atoms with Crippen LogP contribution in [0.1, 0.15) is 30.6 Å². The largest absolute Gasteiger partial charge is 0.508 e. The van der Waals surface area contributed by atoms with Gasteiger partial charge in [-0.25, -0.2) is 0 Å². The summed E-state index contributed by atoms with van der Waals surface area (Å²) in [6.45, 7) is 3.69. The number of rotatable bonds is 5. The molecule has 0 saturated carbocycles. The van der Waals surface area contributed by atoms with Gasteiger partial charge in [-0.3, -0.25) is 14.9 Å². The average molecular weight is 277 g/mol. The van der Waals surface area contributed by atoms with Gasteiger partial charge in [-0.1, -0.05) is 0 Å². The normalized spacial score (nSPS) is 10.1. The predicted octanol–water partition coefficient (Wildman–Crippen LogP) is 2.06. The van der Waals surface area contributed by atoms with Crippen molar-refractivity contribution in [2.45, 2.75) is 26.3 Å². The summed E-state index contributed by atoms with van der Waals surface area (Å²) in [6.07, 6.45) is 0.135. The fraction of sp³-hybridized carbons (Fsp3) is 0.385. The lowest BCUT2D eigenvalue weighted by Gasteiger charge is -2.25. The van der Waals surface area contributed by atoms with E-state index in [1.807, 2.05) is 6.07 Å². The van der Waals surface area contributed by atoms with Crippen molar-refractivity contribution < 1.29 is 14.8 Å². The van der Waals surface area contributed by atoms with Crippen molar-refractivity contribution in [3.05, 3.63) is 33.9 Å². The van der Waals surface area contributed by atoms with E-state index in [2.05, 4.69) is 0 Å². The first-order valence-corrected chi connectivity index (χ1v) is 6.03. The highest BCUT2D eigenvalue weighted by molar-refractivity contribution is 5.98. The van der Waals surface area contributed by atoms with Gasteiger partial charge in [0.15, 0.2) is 0 Å². The Morgan fingerprint density at radius 3 is 2.70 bits per heavy atom. The molecule has 20 heavy (non-hydrogen) atoms. The molecule has 0 bridgehead atoms. The molecule has 7 nitrogen and oxygen atoms in total. The van der Waals surface area contributed by atoms with E-state index >= 15 is 0 Å². The molecule has 0 unspecified atom stereocenters. The molecule has 0 spiro atoms. The standard InChI is InChI=1S/C13H15N3O4/c1-9(2)15(7-3-6-14)13(18)11-8-10(17)4-5-12(11)16(19)20/h4-5,8-9,17H,3,7H2,1-2H3. The first kappa shape index (κ1) is 15.4. The third kappa shape index (κ3) is 3.45. The van der Waals surface area contributed by atoms with Crippen LogP contribution in [0.3, 0.4) is 0 Å². The molecule has 0 atom stereocenters. The number of hydrogen-bond donors (Lipinski definition) is 1. The molecule has 1 aromatic carbocycles. The van der Waals surface area contributed by atoms with Crippen molar-refractivity contribution in [1.82, 2.24) is 4.90 Å². The van der Waals surface area contributed by atoms with Crippen molar-refractivity contribution >= 4 is 11.6 Å². The number of carbonyl (C=O) groups excluding carboxylic acids is 1. The molecule has 0 fully saturated rings. The van der Waals surface area contributed by atoms with Gasteiger partial charge in [0.1, 0.15) is 11.3 Å². The van der Waals surface area contributed by atoms with Crippen LogP contribution in [0.5, 0.6) is 5.75 Å². The van der Waals surface area contributed by atoms with Crippen LogP contribution in [0.4, 0.5) is 5.69 Å². The smallest absolute Gasteiger partial charge is 0.282 e. The molecule has 7 heteroatoms. The Morgan fingerprint density at radius 1 is 1.55 bits per heavy atom. The number of phenols is 1.